The topological polar surface area (TPSA) is 55.4 Å². The average Bonchev–Trinajstić information content (AvgIpc) is 3.47. The summed E-state index contributed by atoms with van der Waals surface area (Å²) in [6, 6.07) is 30.5. The zero-order valence-corrected chi connectivity index (χ0v) is 27.1. The van der Waals surface area contributed by atoms with Crippen molar-refractivity contribution < 1.29 is 28.1 Å². The van der Waals surface area contributed by atoms with Crippen LogP contribution in [0, 0.1) is 0 Å². The van der Waals surface area contributed by atoms with Crippen LogP contribution in [0.2, 0.25) is 18.1 Å². The quantitative estimate of drug-likeness (QED) is 0.159. The molecule has 43 heavy (non-hydrogen) atoms. The second-order valence-corrected chi connectivity index (χ2v) is 17.7. The number of benzene rings is 3. The van der Waals surface area contributed by atoms with E-state index >= 15 is 0 Å². The van der Waals surface area contributed by atoms with Crippen LogP contribution in [0.25, 0.3) is 0 Å². The molecule has 0 saturated carbocycles. The zero-order valence-electron chi connectivity index (χ0n) is 26.1. The molecule has 0 unspecified atom stereocenters. The van der Waals surface area contributed by atoms with E-state index in [2.05, 4.69) is 70.3 Å². The van der Waals surface area contributed by atoms with Crippen molar-refractivity contribution in [1.29, 1.82) is 0 Å². The molecule has 0 amide bonds. The van der Waals surface area contributed by atoms with Gasteiger partial charge in [0.1, 0.15) is 24.4 Å². The van der Waals surface area contributed by atoms with E-state index < -0.39 is 38.5 Å². The summed E-state index contributed by atoms with van der Waals surface area (Å²) >= 11 is 0. The second kappa shape index (κ2) is 14.0. The minimum absolute atomic E-state index is 0.0497. The molecular weight excluding hydrogens is 556 g/mol. The molecule has 2 aliphatic heterocycles. The Bertz CT molecular complexity index is 1290. The first-order valence-electron chi connectivity index (χ1n) is 15.3. The van der Waals surface area contributed by atoms with Gasteiger partial charge in [-0.3, -0.25) is 0 Å². The highest BCUT2D eigenvalue weighted by molar-refractivity contribution is 6.74. The lowest BCUT2D eigenvalue weighted by atomic mass is 9.91. The van der Waals surface area contributed by atoms with E-state index in [1.54, 1.807) is 0 Å². The maximum Gasteiger partial charge on any atom is 0.218 e. The molecule has 1 saturated heterocycles. The Labute approximate surface area is 258 Å². The fraction of sp³-hybridized carbons (Fsp3) is 0.444. The molecule has 0 N–H and O–H groups in total. The molecule has 0 radical (unpaired) electrons. The van der Waals surface area contributed by atoms with E-state index in [-0.39, 0.29) is 5.04 Å². The molecule has 3 aromatic carbocycles. The number of ether oxygens (including phenoxy) is 5. The molecule has 1 spiro atoms. The summed E-state index contributed by atoms with van der Waals surface area (Å²) in [6.45, 7) is 13.2. The highest BCUT2D eigenvalue weighted by Crippen LogP contribution is 2.42. The van der Waals surface area contributed by atoms with E-state index in [9.17, 15) is 0 Å². The van der Waals surface area contributed by atoms with Gasteiger partial charge in [0.2, 0.25) is 5.79 Å². The first kappa shape index (κ1) is 31.8. The van der Waals surface area contributed by atoms with Crippen LogP contribution in [0.1, 0.15) is 37.5 Å². The Kier molecular flexibility index (Phi) is 10.3. The smallest absolute Gasteiger partial charge is 0.218 e. The van der Waals surface area contributed by atoms with Crippen molar-refractivity contribution in [2.75, 3.05) is 13.2 Å². The van der Waals surface area contributed by atoms with Gasteiger partial charge >= 0.3 is 0 Å². The van der Waals surface area contributed by atoms with E-state index in [1.807, 2.05) is 66.7 Å². The van der Waals surface area contributed by atoms with E-state index in [0.29, 0.717) is 33.0 Å². The third-order valence-electron chi connectivity index (χ3n) is 8.73. The Hall–Kier alpha value is -2.62. The molecule has 6 nitrogen and oxygen atoms in total. The monoisotopic (exact) mass is 602 g/mol. The number of hydrogen-bond acceptors (Lipinski definition) is 6. The summed E-state index contributed by atoms with van der Waals surface area (Å²) in [4.78, 5) is 0. The Morgan fingerprint density at radius 3 is 1.67 bits per heavy atom. The number of hydrogen-bond donors (Lipinski definition) is 0. The van der Waals surface area contributed by atoms with Crippen LogP contribution in [0.4, 0.5) is 0 Å². The molecule has 1 fully saturated rings. The fourth-order valence-corrected chi connectivity index (χ4v) is 6.21. The first-order valence-corrected chi connectivity index (χ1v) is 18.2. The molecule has 5 rings (SSSR count). The van der Waals surface area contributed by atoms with Crippen LogP contribution < -0.4 is 0 Å². The summed E-state index contributed by atoms with van der Waals surface area (Å²) in [7, 11) is -2.09. The lowest BCUT2D eigenvalue weighted by Crippen LogP contribution is -2.67. The van der Waals surface area contributed by atoms with Crippen LogP contribution in [-0.4, -0.2) is 51.7 Å². The maximum absolute atomic E-state index is 6.89. The minimum Gasteiger partial charge on any atom is -0.414 e. The summed E-state index contributed by atoms with van der Waals surface area (Å²) < 4.78 is 40.2. The lowest BCUT2D eigenvalue weighted by Gasteiger charge is -2.50. The predicted molar refractivity (Wildman–Crippen MR) is 171 cm³/mol. The van der Waals surface area contributed by atoms with Gasteiger partial charge in [0.25, 0.3) is 0 Å². The van der Waals surface area contributed by atoms with Gasteiger partial charge in [-0.05, 0) is 40.9 Å². The van der Waals surface area contributed by atoms with Gasteiger partial charge in [-0.15, -0.1) is 0 Å². The highest BCUT2D eigenvalue weighted by Gasteiger charge is 2.58. The van der Waals surface area contributed by atoms with Crippen LogP contribution in [0.3, 0.4) is 0 Å². The van der Waals surface area contributed by atoms with Gasteiger partial charge in [-0.2, -0.15) is 0 Å². The van der Waals surface area contributed by atoms with Gasteiger partial charge in [0.15, 0.2) is 8.32 Å². The molecule has 0 aliphatic carbocycles. The third-order valence-corrected chi connectivity index (χ3v) is 13.2. The van der Waals surface area contributed by atoms with Crippen molar-refractivity contribution in [3.63, 3.8) is 0 Å². The Balaban J connectivity index is 1.49. The normalized spacial score (nSPS) is 25.8. The molecular formula is C36H46O6Si. The molecule has 3 aromatic rings. The van der Waals surface area contributed by atoms with Crippen molar-refractivity contribution in [2.45, 2.75) is 88.9 Å². The van der Waals surface area contributed by atoms with Crippen molar-refractivity contribution >= 4 is 8.32 Å². The highest BCUT2D eigenvalue weighted by atomic mass is 28.4. The Morgan fingerprint density at radius 1 is 0.721 bits per heavy atom. The SMILES string of the molecule is CC(C)(C)[Si](C)(C)OC[C@H]1O[C@@]2(C=CCO2)[C@H](OCc2ccccc2)[C@@H](OCc2ccccc2)[C@@H]1OCc1ccccc1. The summed E-state index contributed by atoms with van der Waals surface area (Å²) in [6.07, 6.45) is 1.96. The molecule has 2 heterocycles. The minimum atomic E-state index is -2.09. The molecule has 5 atom stereocenters. The van der Waals surface area contributed by atoms with E-state index in [4.69, 9.17) is 28.1 Å². The molecule has 2 aliphatic rings. The lowest BCUT2D eigenvalue weighted by molar-refractivity contribution is -0.355. The summed E-state index contributed by atoms with van der Waals surface area (Å²) in [5.41, 5.74) is 3.21. The van der Waals surface area contributed by atoms with Crippen LogP contribution in [0.15, 0.2) is 103 Å². The number of rotatable bonds is 12. The van der Waals surface area contributed by atoms with Gasteiger partial charge in [0.05, 0.1) is 33.0 Å². The van der Waals surface area contributed by atoms with Crippen molar-refractivity contribution in [3.05, 3.63) is 120 Å². The Morgan fingerprint density at radius 2 is 1.21 bits per heavy atom. The summed E-state index contributed by atoms with van der Waals surface area (Å²) in [5, 5.41) is 0.0497. The maximum atomic E-state index is 6.89. The van der Waals surface area contributed by atoms with Crippen molar-refractivity contribution in [2.24, 2.45) is 0 Å². The molecule has 7 heteroatoms. The van der Waals surface area contributed by atoms with Crippen LogP contribution in [-0.2, 0) is 47.9 Å². The zero-order chi connectivity index (χ0) is 30.3. The van der Waals surface area contributed by atoms with Crippen molar-refractivity contribution in [3.8, 4) is 0 Å². The second-order valence-electron chi connectivity index (χ2n) is 12.9. The van der Waals surface area contributed by atoms with E-state index in [1.165, 1.54) is 0 Å². The molecule has 0 aromatic heterocycles. The van der Waals surface area contributed by atoms with Crippen LogP contribution >= 0.6 is 0 Å². The molecule has 0 bridgehead atoms. The van der Waals surface area contributed by atoms with Crippen LogP contribution in [0.5, 0.6) is 0 Å². The van der Waals surface area contributed by atoms with E-state index in [0.717, 1.165) is 16.7 Å². The van der Waals surface area contributed by atoms with Crippen molar-refractivity contribution in [1.82, 2.24) is 0 Å². The van der Waals surface area contributed by atoms with Gasteiger partial charge in [-0.1, -0.05) is 118 Å². The van der Waals surface area contributed by atoms with Gasteiger partial charge in [0, 0.05) is 0 Å². The summed E-state index contributed by atoms with van der Waals surface area (Å²) in [5.74, 6) is -1.12. The predicted octanol–water partition coefficient (Wildman–Crippen LogP) is 7.45. The molecule has 230 valence electrons. The standard InChI is InChI=1S/C36H46O6Si/c1-35(2,3)43(4,5)41-27-31-32(37-24-28-16-9-6-10-17-28)33(38-25-29-18-11-7-12-19-29)34(36(42-31)22-15-23-40-36)39-26-30-20-13-8-14-21-30/h6-22,31-34H,23-27H2,1-5H3/t31-,32-,33+,34-,36+/m1/s1. The largest absolute Gasteiger partial charge is 0.414 e. The average molecular weight is 603 g/mol. The fourth-order valence-electron chi connectivity index (χ4n) is 5.20. The van der Waals surface area contributed by atoms with Gasteiger partial charge in [-0.25, -0.2) is 0 Å². The third kappa shape index (κ3) is 7.91. The first-order chi connectivity index (χ1) is 20.7. The van der Waals surface area contributed by atoms with Gasteiger partial charge < -0.3 is 28.1 Å².